The average Bonchev–Trinajstić information content (AvgIpc) is 3.14. The maximum absolute atomic E-state index is 13.1. The number of hydrogen-bond acceptors (Lipinski definition) is 5. The summed E-state index contributed by atoms with van der Waals surface area (Å²) in [7, 11) is 0. The molecule has 138 valence electrons. The molecule has 1 saturated heterocycles. The fourth-order valence-corrected chi connectivity index (χ4v) is 4.07. The largest absolute Gasteiger partial charge is 0.462 e. The van der Waals surface area contributed by atoms with Gasteiger partial charge in [-0.1, -0.05) is 0 Å². The van der Waals surface area contributed by atoms with Crippen LogP contribution in [0.2, 0.25) is 0 Å². The molecule has 3 atom stereocenters. The molecule has 0 radical (unpaired) electrons. The molecule has 0 bridgehead atoms. The summed E-state index contributed by atoms with van der Waals surface area (Å²) in [6, 6.07) is -0.0209. The molecule has 2 heterocycles. The standard InChI is InChI=1S/C18H26N2O5/c1-4-24-18(23)15-10(2)16(19-11(15)3)17(22)20-5-6-25-14-8-12(9-21)7-13(14)20/h12-14,19,21H,4-9H2,1-3H3/t12-,13+,14+/m1/s1. The second-order valence-corrected chi connectivity index (χ2v) is 6.84. The molecule has 1 saturated carbocycles. The summed E-state index contributed by atoms with van der Waals surface area (Å²) in [5.74, 6) is -0.355. The first-order valence-corrected chi connectivity index (χ1v) is 8.87. The predicted octanol–water partition coefficient (Wildman–Crippen LogP) is 1.42. The van der Waals surface area contributed by atoms with Gasteiger partial charge in [0.25, 0.3) is 5.91 Å². The molecule has 25 heavy (non-hydrogen) atoms. The highest BCUT2D eigenvalue weighted by molar-refractivity contribution is 6.00. The van der Waals surface area contributed by atoms with Crippen LogP contribution in [0.4, 0.5) is 0 Å². The zero-order valence-electron chi connectivity index (χ0n) is 15.0. The van der Waals surface area contributed by atoms with Crippen LogP contribution in [0.3, 0.4) is 0 Å². The minimum atomic E-state index is -0.408. The third-order valence-corrected chi connectivity index (χ3v) is 5.28. The molecule has 7 nitrogen and oxygen atoms in total. The summed E-state index contributed by atoms with van der Waals surface area (Å²) >= 11 is 0. The number of nitrogens with zero attached hydrogens (tertiary/aromatic N) is 1. The molecular formula is C18H26N2O5. The summed E-state index contributed by atoms with van der Waals surface area (Å²) in [5, 5.41) is 9.43. The third-order valence-electron chi connectivity index (χ3n) is 5.28. The van der Waals surface area contributed by atoms with Crippen molar-refractivity contribution < 1.29 is 24.2 Å². The molecule has 3 rings (SSSR count). The Hall–Kier alpha value is -1.86. The highest BCUT2D eigenvalue weighted by Gasteiger charge is 2.43. The summed E-state index contributed by atoms with van der Waals surface area (Å²) in [6.45, 7) is 6.72. The van der Waals surface area contributed by atoms with Gasteiger partial charge in [0.05, 0.1) is 30.9 Å². The second kappa shape index (κ2) is 7.17. The number of ether oxygens (including phenoxy) is 2. The molecule has 1 amide bonds. The minimum Gasteiger partial charge on any atom is -0.462 e. The van der Waals surface area contributed by atoms with Gasteiger partial charge in [-0.2, -0.15) is 0 Å². The second-order valence-electron chi connectivity index (χ2n) is 6.84. The number of rotatable bonds is 4. The van der Waals surface area contributed by atoms with Crippen LogP contribution < -0.4 is 0 Å². The molecule has 2 N–H and O–H groups in total. The van der Waals surface area contributed by atoms with Crippen LogP contribution in [0.5, 0.6) is 0 Å². The highest BCUT2D eigenvalue weighted by atomic mass is 16.5. The Morgan fingerprint density at radius 2 is 2.12 bits per heavy atom. The first-order valence-electron chi connectivity index (χ1n) is 8.87. The number of aliphatic hydroxyl groups excluding tert-OH is 1. The lowest BCUT2D eigenvalue weighted by Gasteiger charge is -2.37. The molecular weight excluding hydrogens is 324 g/mol. The third kappa shape index (κ3) is 3.18. The van der Waals surface area contributed by atoms with Gasteiger partial charge in [0.15, 0.2) is 0 Å². The van der Waals surface area contributed by atoms with Crippen molar-refractivity contribution in [1.29, 1.82) is 0 Å². The van der Waals surface area contributed by atoms with E-state index in [2.05, 4.69) is 4.98 Å². The Balaban J connectivity index is 1.86. The van der Waals surface area contributed by atoms with Crippen molar-refractivity contribution in [1.82, 2.24) is 9.88 Å². The highest BCUT2D eigenvalue weighted by Crippen LogP contribution is 2.35. The van der Waals surface area contributed by atoms with E-state index in [1.165, 1.54) is 0 Å². The number of hydrogen-bond donors (Lipinski definition) is 2. The van der Waals surface area contributed by atoms with E-state index >= 15 is 0 Å². The summed E-state index contributed by atoms with van der Waals surface area (Å²) in [5.41, 5.74) is 2.15. The van der Waals surface area contributed by atoms with E-state index < -0.39 is 5.97 Å². The fourth-order valence-electron chi connectivity index (χ4n) is 4.07. The molecule has 2 fully saturated rings. The number of esters is 1. The Bertz CT molecular complexity index is 669. The van der Waals surface area contributed by atoms with E-state index in [9.17, 15) is 14.7 Å². The van der Waals surface area contributed by atoms with Gasteiger partial charge in [-0.05, 0) is 45.1 Å². The molecule has 7 heteroatoms. The first kappa shape index (κ1) is 17.9. The molecule has 0 spiro atoms. The average molecular weight is 350 g/mol. The van der Waals surface area contributed by atoms with Crippen molar-refractivity contribution >= 4 is 11.9 Å². The number of aliphatic hydroxyl groups is 1. The number of nitrogens with one attached hydrogen (secondary N) is 1. The van der Waals surface area contributed by atoms with Crippen LogP contribution in [-0.4, -0.2) is 65.4 Å². The van der Waals surface area contributed by atoms with E-state index in [1.54, 1.807) is 20.8 Å². The Kier molecular flexibility index (Phi) is 5.15. The number of amides is 1. The Morgan fingerprint density at radius 3 is 2.80 bits per heavy atom. The molecule has 1 aliphatic heterocycles. The lowest BCUT2D eigenvalue weighted by Crippen LogP contribution is -2.51. The molecule has 1 aromatic rings. The summed E-state index contributed by atoms with van der Waals surface area (Å²) in [6.07, 6.45) is 1.51. The number of carbonyl (C=O) groups is 2. The van der Waals surface area contributed by atoms with Gasteiger partial charge in [-0.3, -0.25) is 4.79 Å². The number of aryl methyl sites for hydroxylation is 1. The van der Waals surface area contributed by atoms with Crippen molar-refractivity contribution in [3.8, 4) is 0 Å². The first-order chi connectivity index (χ1) is 12.0. The van der Waals surface area contributed by atoms with Crippen LogP contribution >= 0.6 is 0 Å². The van der Waals surface area contributed by atoms with Crippen molar-refractivity contribution in [2.45, 2.75) is 45.8 Å². The lowest BCUT2D eigenvalue weighted by atomic mass is 10.1. The monoisotopic (exact) mass is 350 g/mol. The minimum absolute atomic E-state index is 0.0178. The molecule has 1 aromatic heterocycles. The van der Waals surface area contributed by atoms with Gasteiger partial charge in [0.2, 0.25) is 0 Å². The SMILES string of the molecule is CCOC(=O)c1c(C)[nH]c(C(=O)N2CCO[C@H]3C[C@H](CO)C[C@@H]32)c1C. The van der Waals surface area contributed by atoms with Crippen LogP contribution in [0.25, 0.3) is 0 Å². The van der Waals surface area contributed by atoms with Crippen molar-refractivity contribution in [3.05, 3.63) is 22.5 Å². The molecule has 1 aliphatic carbocycles. The van der Waals surface area contributed by atoms with Crippen LogP contribution in [0.15, 0.2) is 0 Å². The van der Waals surface area contributed by atoms with E-state index in [1.807, 2.05) is 4.90 Å². The van der Waals surface area contributed by atoms with Gasteiger partial charge in [-0.15, -0.1) is 0 Å². The number of aromatic nitrogens is 1. The van der Waals surface area contributed by atoms with E-state index in [4.69, 9.17) is 9.47 Å². The van der Waals surface area contributed by atoms with E-state index in [0.29, 0.717) is 42.3 Å². The number of carbonyl (C=O) groups excluding carboxylic acids is 2. The van der Waals surface area contributed by atoms with Crippen LogP contribution in [0.1, 0.15) is 51.9 Å². The van der Waals surface area contributed by atoms with E-state index in [-0.39, 0.29) is 30.6 Å². The van der Waals surface area contributed by atoms with E-state index in [0.717, 1.165) is 12.8 Å². The van der Waals surface area contributed by atoms with Crippen molar-refractivity contribution in [2.75, 3.05) is 26.4 Å². The molecule has 0 aromatic carbocycles. The zero-order valence-corrected chi connectivity index (χ0v) is 15.0. The van der Waals surface area contributed by atoms with Crippen LogP contribution in [-0.2, 0) is 9.47 Å². The quantitative estimate of drug-likeness (QED) is 0.802. The van der Waals surface area contributed by atoms with Crippen molar-refractivity contribution in [3.63, 3.8) is 0 Å². The van der Waals surface area contributed by atoms with Gasteiger partial charge in [0.1, 0.15) is 5.69 Å². The predicted molar refractivity (Wildman–Crippen MR) is 90.6 cm³/mol. The topological polar surface area (TPSA) is 91.9 Å². The van der Waals surface area contributed by atoms with Crippen molar-refractivity contribution in [2.24, 2.45) is 5.92 Å². The smallest absolute Gasteiger partial charge is 0.340 e. The normalized spacial score (nSPS) is 25.8. The van der Waals surface area contributed by atoms with Gasteiger partial charge >= 0.3 is 5.97 Å². The fraction of sp³-hybridized carbons (Fsp3) is 0.667. The molecule has 0 unspecified atom stereocenters. The van der Waals surface area contributed by atoms with Gasteiger partial charge in [0, 0.05) is 18.8 Å². The Labute approximate surface area is 147 Å². The molecule has 2 aliphatic rings. The van der Waals surface area contributed by atoms with Crippen LogP contribution in [0, 0.1) is 19.8 Å². The van der Waals surface area contributed by atoms with Gasteiger partial charge in [-0.25, -0.2) is 4.79 Å². The Morgan fingerprint density at radius 1 is 1.36 bits per heavy atom. The summed E-state index contributed by atoms with van der Waals surface area (Å²) in [4.78, 5) is 30.2. The number of aromatic amines is 1. The lowest BCUT2D eigenvalue weighted by molar-refractivity contribution is -0.0450. The van der Waals surface area contributed by atoms with Gasteiger partial charge < -0.3 is 24.5 Å². The summed E-state index contributed by atoms with van der Waals surface area (Å²) < 4.78 is 10.9. The maximum Gasteiger partial charge on any atom is 0.340 e. The number of morpholine rings is 1. The zero-order chi connectivity index (χ0) is 18.1. The number of fused-ring (bicyclic) bond motifs is 1. The maximum atomic E-state index is 13.1. The number of H-pyrrole nitrogens is 1.